The zero-order chi connectivity index (χ0) is 12.5. The summed E-state index contributed by atoms with van der Waals surface area (Å²) in [5.41, 5.74) is 2.78. The van der Waals surface area contributed by atoms with Gasteiger partial charge in [-0.3, -0.25) is 9.58 Å². The molecule has 0 radical (unpaired) electrons. The van der Waals surface area contributed by atoms with Crippen molar-refractivity contribution in [1.29, 1.82) is 0 Å². The van der Waals surface area contributed by atoms with E-state index >= 15 is 0 Å². The number of hydrogen-bond donors (Lipinski definition) is 0. The van der Waals surface area contributed by atoms with E-state index in [2.05, 4.69) is 16.9 Å². The molecular weight excluding hydrogens is 226 g/mol. The maximum Gasteiger partial charge on any atom is 0.0562 e. The van der Waals surface area contributed by atoms with Crippen LogP contribution in [-0.2, 0) is 18.3 Å². The van der Waals surface area contributed by atoms with E-state index in [-0.39, 0.29) is 0 Å². The first-order chi connectivity index (χ1) is 8.78. The molecular formula is C14H23N3O. The lowest BCUT2D eigenvalue weighted by atomic mass is 9.96. The Labute approximate surface area is 109 Å². The molecule has 0 bridgehead atoms. The van der Waals surface area contributed by atoms with E-state index in [1.165, 1.54) is 30.6 Å². The zero-order valence-electron chi connectivity index (χ0n) is 11.4. The molecule has 4 nitrogen and oxygen atoms in total. The van der Waals surface area contributed by atoms with Crippen molar-refractivity contribution in [1.82, 2.24) is 14.7 Å². The topological polar surface area (TPSA) is 30.3 Å². The highest BCUT2D eigenvalue weighted by atomic mass is 16.5. The lowest BCUT2D eigenvalue weighted by molar-refractivity contribution is 0.103. The minimum absolute atomic E-state index is 0.486. The maximum atomic E-state index is 5.66. The van der Waals surface area contributed by atoms with Gasteiger partial charge in [-0.15, -0.1) is 0 Å². The number of rotatable bonds is 5. The Bertz CT molecular complexity index is 411. The highest BCUT2D eigenvalue weighted by Gasteiger charge is 2.32. The van der Waals surface area contributed by atoms with Gasteiger partial charge in [-0.2, -0.15) is 5.10 Å². The van der Waals surface area contributed by atoms with Gasteiger partial charge in [0.25, 0.3) is 0 Å². The molecule has 18 heavy (non-hydrogen) atoms. The molecule has 4 heteroatoms. The second kappa shape index (κ2) is 5.02. The first-order valence-electron chi connectivity index (χ1n) is 7.08. The van der Waals surface area contributed by atoms with Crippen molar-refractivity contribution in [3.8, 4) is 0 Å². The molecule has 1 aliphatic heterocycles. The van der Waals surface area contributed by atoms with Crippen LogP contribution < -0.4 is 0 Å². The van der Waals surface area contributed by atoms with Crippen LogP contribution in [0.4, 0.5) is 0 Å². The molecule has 2 heterocycles. The second-order valence-corrected chi connectivity index (χ2v) is 5.67. The van der Waals surface area contributed by atoms with E-state index in [1.54, 1.807) is 0 Å². The maximum absolute atomic E-state index is 5.66. The van der Waals surface area contributed by atoms with Crippen molar-refractivity contribution in [2.45, 2.75) is 32.2 Å². The molecule has 0 spiro atoms. The van der Waals surface area contributed by atoms with E-state index in [0.717, 1.165) is 32.2 Å². The smallest absolute Gasteiger partial charge is 0.0562 e. The van der Waals surface area contributed by atoms with Crippen LogP contribution in [0.2, 0.25) is 0 Å². The van der Waals surface area contributed by atoms with Crippen LogP contribution in [0.5, 0.6) is 0 Å². The van der Waals surface area contributed by atoms with E-state index in [4.69, 9.17) is 4.74 Å². The van der Waals surface area contributed by atoms with Gasteiger partial charge in [0.1, 0.15) is 0 Å². The highest BCUT2D eigenvalue weighted by molar-refractivity contribution is 5.25. The summed E-state index contributed by atoms with van der Waals surface area (Å²) in [5, 5.41) is 4.42. The van der Waals surface area contributed by atoms with Crippen molar-refractivity contribution in [3.05, 3.63) is 17.5 Å². The average molecular weight is 249 g/mol. The Hall–Kier alpha value is -0.870. The van der Waals surface area contributed by atoms with Gasteiger partial charge in [-0.25, -0.2) is 0 Å². The van der Waals surface area contributed by atoms with Gasteiger partial charge in [0.05, 0.1) is 12.8 Å². The molecule has 0 aromatic carbocycles. The Kier molecular flexibility index (Phi) is 3.39. The summed E-state index contributed by atoms with van der Waals surface area (Å²) in [7, 11) is 2.05. The number of fused-ring (bicyclic) bond motifs is 1. The summed E-state index contributed by atoms with van der Waals surface area (Å²) in [6.07, 6.45) is 4.88. The van der Waals surface area contributed by atoms with Crippen LogP contribution >= 0.6 is 0 Å². The normalized spacial score (nSPS) is 24.2. The molecule has 0 N–H and O–H groups in total. The number of nitrogens with zero attached hydrogens (tertiary/aromatic N) is 3. The van der Waals surface area contributed by atoms with E-state index in [0.29, 0.717) is 5.92 Å². The summed E-state index contributed by atoms with van der Waals surface area (Å²) in [6.45, 7) is 7.15. The summed E-state index contributed by atoms with van der Waals surface area (Å²) in [4.78, 5) is 2.59. The van der Waals surface area contributed by atoms with Gasteiger partial charge in [0.15, 0.2) is 0 Å². The van der Waals surface area contributed by atoms with Crippen molar-refractivity contribution in [2.75, 3.05) is 26.3 Å². The third-order valence-corrected chi connectivity index (χ3v) is 4.06. The summed E-state index contributed by atoms with van der Waals surface area (Å²) in [6, 6.07) is 0. The molecule has 1 aromatic rings. The number of ether oxygens (including phenoxy) is 1. The largest absolute Gasteiger partial charge is 0.381 e. The Morgan fingerprint density at radius 3 is 3.00 bits per heavy atom. The van der Waals surface area contributed by atoms with Gasteiger partial charge in [-0.1, -0.05) is 0 Å². The Morgan fingerprint density at radius 1 is 1.44 bits per heavy atom. The molecule has 2 aliphatic rings. The van der Waals surface area contributed by atoms with Gasteiger partial charge in [-0.05, 0) is 25.7 Å². The van der Waals surface area contributed by atoms with Gasteiger partial charge in [0, 0.05) is 50.5 Å². The number of aromatic nitrogens is 2. The lowest BCUT2D eigenvalue weighted by Crippen LogP contribution is -2.37. The third kappa shape index (κ3) is 2.45. The Morgan fingerprint density at radius 2 is 2.28 bits per heavy atom. The molecule has 1 fully saturated rings. The van der Waals surface area contributed by atoms with Crippen molar-refractivity contribution < 1.29 is 4.74 Å². The van der Waals surface area contributed by atoms with E-state index in [1.807, 2.05) is 17.9 Å². The lowest BCUT2D eigenvalue weighted by Gasteiger charge is -2.33. The fraction of sp³-hybridized carbons (Fsp3) is 0.786. The van der Waals surface area contributed by atoms with Crippen LogP contribution in [-0.4, -0.2) is 41.0 Å². The molecule has 1 aromatic heterocycles. The standard InChI is InChI=1S/C14H23N3O/c1-3-18-10-13-9-17(7-11-4-5-11)8-12-6-15-16(2)14(12)13/h6,11,13H,3-5,7-10H2,1-2H3. The monoisotopic (exact) mass is 249 g/mol. The van der Waals surface area contributed by atoms with Crippen LogP contribution in [0.15, 0.2) is 6.20 Å². The molecule has 0 amide bonds. The minimum atomic E-state index is 0.486. The van der Waals surface area contributed by atoms with Crippen LogP contribution in [0.3, 0.4) is 0 Å². The van der Waals surface area contributed by atoms with Gasteiger partial charge >= 0.3 is 0 Å². The van der Waals surface area contributed by atoms with Crippen LogP contribution in [0.1, 0.15) is 36.9 Å². The van der Waals surface area contributed by atoms with Crippen molar-refractivity contribution in [2.24, 2.45) is 13.0 Å². The molecule has 1 aliphatic carbocycles. The molecule has 0 saturated heterocycles. The molecule has 1 atom stereocenters. The zero-order valence-corrected chi connectivity index (χ0v) is 11.4. The first-order valence-corrected chi connectivity index (χ1v) is 7.08. The molecule has 1 saturated carbocycles. The highest BCUT2D eigenvalue weighted by Crippen LogP contribution is 2.34. The quantitative estimate of drug-likeness (QED) is 0.796. The number of aryl methyl sites for hydroxylation is 1. The fourth-order valence-corrected chi connectivity index (χ4v) is 3.04. The summed E-state index contributed by atoms with van der Waals surface area (Å²) in [5.74, 6) is 1.44. The summed E-state index contributed by atoms with van der Waals surface area (Å²) >= 11 is 0. The average Bonchev–Trinajstić information content (AvgIpc) is 3.09. The van der Waals surface area contributed by atoms with Crippen molar-refractivity contribution >= 4 is 0 Å². The van der Waals surface area contributed by atoms with Crippen LogP contribution in [0.25, 0.3) is 0 Å². The van der Waals surface area contributed by atoms with Crippen molar-refractivity contribution in [3.63, 3.8) is 0 Å². The summed E-state index contributed by atoms with van der Waals surface area (Å²) < 4.78 is 7.69. The predicted octanol–water partition coefficient (Wildman–Crippen LogP) is 1.77. The van der Waals surface area contributed by atoms with Gasteiger partial charge in [0.2, 0.25) is 0 Å². The number of hydrogen-bond acceptors (Lipinski definition) is 3. The predicted molar refractivity (Wildman–Crippen MR) is 70.4 cm³/mol. The minimum Gasteiger partial charge on any atom is -0.381 e. The first kappa shape index (κ1) is 12.2. The molecule has 100 valence electrons. The fourth-order valence-electron chi connectivity index (χ4n) is 3.04. The van der Waals surface area contributed by atoms with E-state index in [9.17, 15) is 0 Å². The van der Waals surface area contributed by atoms with E-state index < -0.39 is 0 Å². The third-order valence-electron chi connectivity index (χ3n) is 4.06. The Balaban J connectivity index is 1.75. The molecule has 1 unspecified atom stereocenters. The SMILES string of the molecule is CCOCC1CN(CC2CC2)Cc2cnn(C)c21. The van der Waals surface area contributed by atoms with Crippen LogP contribution in [0, 0.1) is 5.92 Å². The molecule has 3 rings (SSSR count). The second-order valence-electron chi connectivity index (χ2n) is 5.67. The van der Waals surface area contributed by atoms with Gasteiger partial charge < -0.3 is 4.74 Å².